The summed E-state index contributed by atoms with van der Waals surface area (Å²) in [5.74, 6) is 0. The van der Waals surface area contributed by atoms with Crippen molar-refractivity contribution in [3.8, 4) is 6.07 Å². The summed E-state index contributed by atoms with van der Waals surface area (Å²) in [7, 11) is 0. The van der Waals surface area contributed by atoms with Crippen molar-refractivity contribution in [1.29, 1.82) is 5.26 Å². The Balaban J connectivity index is 1.78. The molecular weight excluding hydrogens is 408 g/mol. The summed E-state index contributed by atoms with van der Waals surface area (Å²) in [5, 5.41) is 32.8. The smallest absolute Gasteiger partial charge is 0.270 e. The molecule has 0 aliphatic rings. The highest BCUT2D eigenvalue weighted by atomic mass is 16.6. The zero-order valence-electron chi connectivity index (χ0n) is 16.7. The van der Waals surface area contributed by atoms with Crippen LogP contribution in [0.25, 0.3) is 22.6 Å². The first-order valence-electron chi connectivity index (χ1n) is 9.64. The summed E-state index contributed by atoms with van der Waals surface area (Å²) >= 11 is 0. The fourth-order valence-electron chi connectivity index (χ4n) is 3.61. The quantitative estimate of drug-likeness (QED) is 0.228. The topological polar surface area (TPSA) is 115 Å². The monoisotopic (exact) mass is 424 g/mol. The molecule has 0 aliphatic heterocycles. The first-order valence-corrected chi connectivity index (χ1v) is 9.64. The van der Waals surface area contributed by atoms with Crippen molar-refractivity contribution in [1.82, 2.24) is 4.57 Å². The van der Waals surface area contributed by atoms with E-state index in [0.717, 1.165) is 22.0 Å². The lowest BCUT2D eigenvalue weighted by Gasteiger charge is -2.05. The van der Waals surface area contributed by atoms with Gasteiger partial charge in [-0.2, -0.15) is 5.26 Å². The number of rotatable bonds is 6. The van der Waals surface area contributed by atoms with Gasteiger partial charge in [0.2, 0.25) is 0 Å². The number of hydrogen-bond donors (Lipinski definition) is 0. The fraction of sp³-hybridized carbons (Fsp3) is 0.0417. The molecule has 0 fully saturated rings. The highest BCUT2D eigenvalue weighted by Gasteiger charge is 2.13. The van der Waals surface area contributed by atoms with Gasteiger partial charge in [0.1, 0.15) is 0 Å². The lowest BCUT2D eigenvalue weighted by Crippen LogP contribution is -1.98. The molecule has 156 valence electrons. The molecule has 0 spiro atoms. The molecule has 3 aromatic carbocycles. The molecule has 0 aliphatic carbocycles. The summed E-state index contributed by atoms with van der Waals surface area (Å²) in [5.41, 5.74) is 3.14. The van der Waals surface area contributed by atoms with E-state index in [2.05, 4.69) is 6.07 Å². The second-order valence-corrected chi connectivity index (χ2v) is 7.13. The van der Waals surface area contributed by atoms with Crippen molar-refractivity contribution in [2.24, 2.45) is 0 Å². The van der Waals surface area contributed by atoms with E-state index in [9.17, 15) is 25.5 Å². The van der Waals surface area contributed by atoms with Crippen LogP contribution in [-0.2, 0) is 6.54 Å². The molecule has 0 radical (unpaired) electrons. The van der Waals surface area contributed by atoms with Crippen LogP contribution >= 0.6 is 0 Å². The van der Waals surface area contributed by atoms with Crippen LogP contribution in [0.2, 0.25) is 0 Å². The molecule has 0 bridgehead atoms. The fourth-order valence-corrected chi connectivity index (χ4v) is 3.61. The lowest BCUT2D eigenvalue weighted by atomic mass is 10.0. The maximum Gasteiger partial charge on any atom is 0.270 e. The Morgan fingerprint density at radius 2 is 1.62 bits per heavy atom. The molecule has 0 saturated carbocycles. The zero-order valence-corrected chi connectivity index (χ0v) is 16.7. The number of allylic oxidation sites excluding steroid dienone is 1. The molecule has 0 atom stereocenters. The Morgan fingerprint density at radius 1 is 0.938 bits per heavy atom. The van der Waals surface area contributed by atoms with Gasteiger partial charge in [0.25, 0.3) is 11.4 Å². The molecule has 1 heterocycles. The third-order valence-corrected chi connectivity index (χ3v) is 5.08. The highest BCUT2D eigenvalue weighted by Crippen LogP contribution is 2.28. The molecular formula is C24H16N4O4. The van der Waals surface area contributed by atoms with E-state index < -0.39 is 9.85 Å². The average Bonchev–Trinajstić information content (AvgIpc) is 3.14. The number of fused-ring (bicyclic) bond motifs is 1. The highest BCUT2D eigenvalue weighted by molar-refractivity contribution is 5.98. The maximum atomic E-state index is 11.1. The summed E-state index contributed by atoms with van der Waals surface area (Å²) < 4.78 is 1.96. The minimum Gasteiger partial charge on any atom is -0.342 e. The predicted octanol–water partition coefficient (Wildman–Crippen LogP) is 5.57. The lowest BCUT2D eigenvalue weighted by molar-refractivity contribution is -0.385. The third-order valence-electron chi connectivity index (χ3n) is 5.08. The molecule has 32 heavy (non-hydrogen) atoms. The van der Waals surface area contributed by atoms with Gasteiger partial charge in [-0.05, 0) is 23.3 Å². The van der Waals surface area contributed by atoms with Gasteiger partial charge in [-0.3, -0.25) is 20.2 Å². The Kier molecular flexibility index (Phi) is 5.47. The van der Waals surface area contributed by atoms with E-state index >= 15 is 0 Å². The summed E-state index contributed by atoms with van der Waals surface area (Å²) in [6, 6.07) is 22.2. The van der Waals surface area contributed by atoms with Gasteiger partial charge >= 0.3 is 0 Å². The molecule has 1 aromatic heterocycles. The molecule has 4 rings (SSSR count). The predicted molar refractivity (Wildman–Crippen MR) is 121 cm³/mol. The van der Waals surface area contributed by atoms with Gasteiger partial charge < -0.3 is 4.57 Å². The number of aromatic nitrogens is 1. The van der Waals surface area contributed by atoms with Crippen LogP contribution in [0.3, 0.4) is 0 Å². The van der Waals surface area contributed by atoms with Crippen molar-refractivity contribution in [3.05, 3.63) is 116 Å². The molecule has 0 amide bonds. The van der Waals surface area contributed by atoms with Crippen molar-refractivity contribution in [2.75, 3.05) is 0 Å². The second kappa shape index (κ2) is 8.53. The third kappa shape index (κ3) is 4.08. The molecule has 4 aromatic rings. The number of nitro benzene ring substituents is 2. The van der Waals surface area contributed by atoms with Crippen LogP contribution < -0.4 is 0 Å². The number of hydrogen-bond acceptors (Lipinski definition) is 5. The summed E-state index contributed by atoms with van der Waals surface area (Å²) in [6.07, 6.45) is 3.57. The minimum atomic E-state index is -0.497. The normalized spacial score (nSPS) is 11.3. The SMILES string of the molecule is N#CC(=Cc1cn(Cc2cccc([N+](=O)[O-])c2)c2ccccc12)c1cccc([N+](=O)[O-])c1. The van der Waals surface area contributed by atoms with Gasteiger partial charge in [0.15, 0.2) is 0 Å². The van der Waals surface area contributed by atoms with Crippen LogP contribution in [0.5, 0.6) is 0 Å². The zero-order chi connectivity index (χ0) is 22.7. The molecule has 0 N–H and O–H groups in total. The Morgan fingerprint density at radius 3 is 2.34 bits per heavy atom. The van der Waals surface area contributed by atoms with E-state index in [-0.39, 0.29) is 11.4 Å². The van der Waals surface area contributed by atoms with Gasteiger partial charge in [-0.1, -0.05) is 42.5 Å². The first kappa shape index (κ1) is 20.5. The van der Waals surface area contributed by atoms with Crippen molar-refractivity contribution < 1.29 is 9.85 Å². The van der Waals surface area contributed by atoms with Crippen LogP contribution in [0, 0.1) is 31.6 Å². The van der Waals surface area contributed by atoms with E-state index in [4.69, 9.17) is 0 Å². The number of para-hydroxylation sites is 1. The van der Waals surface area contributed by atoms with Gasteiger partial charge in [-0.15, -0.1) is 0 Å². The van der Waals surface area contributed by atoms with E-state index in [1.54, 1.807) is 24.3 Å². The Labute approximate surface area is 182 Å². The molecule has 8 nitrogen and oxygen atoms in total. The number of non-ortho nitro benzene ring substituents is 2. The van der Waals surface area contributed by atoms with Crippen LogP contribution in [0.4, 0.5) is 11.4 Å². The number of nitrogens with zero attached hydrogens (tertiary/aromatic N) is 4. The first-order chi connectivity index (χ1) is 15.5. The van der Waals surface area contributed by atoms with Crippen molar-refractivity contribution >= 4 is 33.9 Å². The van der Waals surface area contributed by atoms with E-state index in [0.29, 0.717) is 17.7 Å². The van der Waals surface area contributed by atoms with Gasteiger partial charge in [0.05, 0.1) is 21.5 Å². The summed E-state index contributed by atoms with van der Waals surface area (Å²) in [4.78, 5) is 21.3. The second-order valence-electron chi connectivity index (χ2n) is 7.13. The number of benzene rings is 3. The molecule has 0 saturated heterocycles. The van der Waals surface area contributed by atoms with Crippen molar-refractivity contribution in [2.45, 2.75) is 6.54 Å². The van der Waals surface area contributed by atoms with Crippen molar-refractivity contribution in [3.63, 3.8) is 0 Å². The molecule has 0 unspecified atom stereocenters. The summed E-state index contributed by atoms with van der Waals surface area (Å²) in [6.45, 7) is 0.411. The standard InChI is InChI=1S/C24H16N4O4/c25-14-19(18-6-4-8-22(13-18)28(31)32)12-20-16-26(24-10-2-1-9-23(20)24)15-17-5-3-7-21(11-17)27(29)30/h1-13,16H,15H2. The maximum absolute atomic E-state index is 11.1. The molecule has 8 heteroatoms. The Hall–Kier alpha value is -4.77. The minimum absolute atomic E-state index is 0.0246. The number of nitriles is 1. The largest absolute Gasteiger partial charge is 0.342 e. The van der Waals surface area contributed by atoms with Gasteiger partial charge in [0, 0.05) is 53.5 Å². The van der Waals surface area contributed by atoms with Crippen LogP contribution in [0.15, 0.2) is 79.0 Å². The number of nitro groups is 2. The van der Waals surface area contributed by atoms with Crippen LogP contribution in [-0.4, -0.2) is 14.4 Å². The Bertz CT molecular complexity index is 1430. The average molecular weight is 424 g/mol. The van der Waals surface area contributed by atoms with Gasteiger partial charge in [-0.25, -0.2) is 0 Å². The van der Waals surface area contributed by atoms with E-state index in [1.807, 2.05) is 41.1 Å². The van der Waals surface area contributed by atoms with E-state index in [1.165, 1.54) is 24.3 Å². The van der Waals surface area contributed by atoms with Crippen LogP contribution in [0.1, 0.15) is 16.7 Å².